The molecular formula is C22H19N3O3S. The van der Waals surface area contributed by atoms with Crippen molar-refractivity contribution in [1.29, 1.82) is 0 Å². The van der Waals surface area contributed by atoms with E-state index in [4.69, 9.17) is 9.47 Å². The van der Waals surface area contributed by atoms with Crippen LogP contribution in [0.2, 0.25) is 0 Å². The third-order valence-corrected chi connectivity index (χ3v) is 5.85. The third kappa shape index (κ3) is 3.27. The molecular weight excluding hydrogens is 386 g/mol. The SMILES string of the molecule is CC(C)c1ccc(/C=c2\sc3nc([C@H]4COc5ccccc5O4)nn3c2=O)cc1. The standard InChI is InChI=1S/C22H19N3O3S/c1-13(2)15-9-7-14(8-10-15)11-19-21(26)25-22(29-19)23-20(24-25)18-12-27-16-5-3-4-6-17(16)28-18/h3-11,13,18H,12H2,1-2H3/b19-11-/t18-/m1/s1. The Morgan fingerprint density at radius 3 is 2.62 bits per heavy atom. The Balaban J connectivity index is 1.45. The van der Waals surface area contributed by atoms with Crippen molar-refractivity contribution >= 4 is 22.4 Å². The molecule has 0 radical (unpaired) electrons. The number of nitrogens with zero attached hydrogens (tertiary/aromatic N) is 3. The highest BCUT2D eigenvalue weighted by molar-refractivity contribution is 7.15. The normalized spacial score (nSPS) is 16.7. The van der Waals surface area contributed by atoms with Crippen LogP contribution in [0.1, 0.15) is 42.8 Å². The van der Waals surface area contributed by atoms with E-state index in [-0.39, 0.29) is 5.56 Å². The Labute approximate surface area is 171 Å². The molecule has 0 spiro atoms. The summed E-state index contributed by atoms with van der Waals surface area (Å²) in [6, 6.07) is 15.7. The summed E-state index contributed by atoms with van der Waals surface area (Å²) in [5, 5.41) is 4.39. The lowest BCUT2D eigenvalue weighted by atomic mass is 10.0. The Morgan fingerprint density at radius 2 is 1.90 bits per heavy atom. The van der Waals surface area contributed by atoms with E-state index in [1.165, 1.54) is 21.4 Å². The van der Waals surface area contributed by atoms with Crippen LogP contribution in [0, 0.1) is 0 Å². The van der Waals surface area contributed by atoms with Gasteiger partial charge in [0.2, 0.25) is 4.96 Å². The Kier molecular flexibility index (Phi) is 4.32. The van der Waals surface area contributed by atoms with Crippen LogP contribution in [0.3, 0.4) is 0 Å². The molecule has 2 aromatic heterocycles. The Morgan fingerprint density at radius 1 is 1.14 bits per heavy atom. The van der Waals surface area contributed by atoms with Crippen LogP contribution in [-0.4, -0.2) is 21.2 Å². The van der Waals surface area contributed by atoms with Crippen LogP contribution in [0.4, 0.5) is 0 Å². The van der Waals surface area contributed by atoms with Crippen molar-refractivity contribution in [1.82, 2.24) is 14.6 Å². The minimum absolute atomic E-state index is 0.172. The minimum atomic E-state index is -0.438. The fraction of sp³-hybridized carbons (Fsp3) is 0.227. The van der Waals surface area contributed by atoms with E-state index < -0.39 is 6.10 Å². The average molecular weight is 405 g/mol. The maximum Gasteiger partial charge on any atom is 0.291 e. The summed E-state index contributed by atoms with van der Waals surface area (Å²) >= 11 is 1.32. The highest BCUT2D eigenvalue weighted by atomic mass is 32.1. The fourth-order valence-electron chi connectivity index (χ4n) is 3.26. The summed E-state index contributed by atoms with van der Waals surface area (Å²) < 4.78 is 13.6. The molecule has 0 aliphatic carbocycles. The molecule has 6 nitrogen and oxygen atoms in total. The van der Waals surface area contributed by atoms with Crippen molar-refractivity contribution in [3.8, 4) is 11.5 Å². The molecule has 0 saturated heterocycles. The van der Waals surface area contributed by atoms with Crippen LogP contribution in [0.25, 0.3) is 11.0 Å². The van der Waals surface area contributed by atoms with Crippen molar-refractivity contribution in [2.24, 2.45) is 0 Å². The molecule has 1 aliphatic heterocycles. The summed E-state index contributed by atoms with van der Waals surface area (Å²) in [7, 11) is 0. The monoisotopic (exact) mass is 405 g/mol. The van der Waals surface area contributed by atoms with E-state index >= 15 is 0 Å². The van der Waals surface area contributed by atoms with Gasteiger partial charge in [0.05, 0.1) is 4.53 Å². The van der Waals surface area contributed by atoms with E-state index in [1.807, 2.05) is 42.5 Å². The van der Waals surface area contributed by atoms with Crippen molar-refractivity contribution in [3.05, 3.63) is 80.4 Å². The first-order valence-electron chi connectivity index (χ1n) is 9.48. The molecule has 5 rings (SSSR count). The van der Waals surface area contributed by atoms with E-state index in [2.05, 4.69) is 36.1 Å². The van der Waals surface area contributed by atoms with Gasteiger partial charge in [0.15, 0.2) is 23.4 Å². The zero-order valence-corrected chi connectivity index (χ0v) is 16.8. The summed E-state index contributed by atoms with van der Waals surface area (Å²) in [6.45, 7) is 4.63. The average Bonchev–Trinajstić information content (AvgIpc) is 3.28. The van der Waals surface area contributed by atoms with Gasteiger partial charge in [0.1, 0.15) is 6.61 Å². The maximum atomic E-state index is 12.8. The van der Waals surface area contributed by atoms with Gasteiger partial charge < -0.3 is 9.47 Å². The van der Waals surface area contributed by atoms with Crippen LogP contribution in [0.5, 0.6) is 11.5 Å². The lowest BCUT2D eigenvalue weighted by Gasteiger charge is -2.24. The number of benzene rings is 2. The van der Waals surface area contributed by atoms with Crippen molar-refractivity contribution < 1.29 is 9.47 Å². The van der Waals surface area contributed by atoms with Gasteiger partial charge in [-0.3, -0.25) is 4.79 Å². The fourth-order valence-corrected chi connectivity index (χ4v) is 4.18. The van der Waals surface area contributed by atoms with Crippen LogP contribution in [-0.2, 0) is 0 Å². The molecule has 0 fully saturated rings. The molecule has 4 aromatic rings. The number of thiazole rings is 1. The lowest BCUT2D eigenvalue weighted by Crippen LogP contribution is -2.26. The zero-order valence-electron chi connectivity index (χ0n) is 16.0. The molecule has 3 heterocycles. The molecule has 7 heteroatoms. The maximum absolute atomic E-state index is 12.8. The predicted octanol–water partition coefficient (Wildman–Crippen LogP) is 3.33. The molecule has 0 unspecified atom stereocenters. The highest BCUT2D eigenvalue weighted by Crippen LogP contribution is 2.35. The molecule has 0 bridgehead atoms. The first-order valence-corrected chi connectivity index (χ1v) is 10.3. The van der Waals surface area contributed by atoms with Gasteiger partial charge in [0.25, 0.3) is 5.56 Å². The third-order valence-electron chi connectivity index (χ3n) is 4.90. The summed E-state index contributed by atoms with van der Waals surface area (Å²) in [5.74, 6) is 2.29. The van der Waals surface area contributed by atoms with E-state index in [1.54, 1.807) is 0 Å². The topological polar surface area (TPSA) is 65.7 Å². The molecule has 29 heavy (non-hydrogen) atoms. The number of ether oxygens (including phenoxy) is 2. The van der Waals surface area contributed by atoms with Gasteiger partial charge in [-0.15, -0.1) is 5.10 Å². The van der Waals surface area contributed by atoms with E-state index in [9.17, 15) is 4.79 Å². The quantitative estimate of drug-likeness (QED) is 0.523. The molecule has 146 valence electrons. The number of fused-ring (bicyclic) bond motifs is 2. The highest BCUT2D eigenvalue weighted by Gasteiger charge is 2.27. The zero-order chi connectivity index (χ0) is 20.0. The van der Waals surface area contributed by atoms with Gasteiger partial charge >= 0.3 is 0 Å². The Hall–Kier alpha value is -3.19. The first-order chi connectivity index (χ1) is 14.1. The minimum Gasteiger partial charge on any atom is -0.485 e. The lowest BCUT2D eigenvalue weighted by molar-refractivity contribution is 0.0852. The number of para-hydroxylation sites is 2. The van der Waals surface area contributed by atoms with E-state index in [0.29, 0.717) is 39.3 Å². The van der Waals surface area contributed by atoms with Gasteiger partial charge in [0, 0.05) is 0 Å². The molecule has 1 aliphatic rings. The van der Waals surface area contributed by atoms with Crippen molar-refractivity contribution in [2.45, 2.75) is 25.9 Å². The summed E-state index contributed by atoms with van der Waals surface area (Å²) in [4.78, 5) is 17.8. The smallest absolute Gasteiger partial charge is 0.291 e. The number of aromatic nitrogens is 3. The molecule has 1 atom stereocenters. The van der Waals surface area contributed by atoms with Gasteiger partial charge in [-0.1, -0.05) is 61.6 Å². The first kappa shape index (κ1) is 17.9. The summed E-state index contributed by atoms with van der Waals surface area (Å²) in [6.07, 6.45) is 1.44. The van der Waals surface area contributed by atoms with Gasteiger partial charge in [-0.05, 0) is 35.3 Å². The van der Waals surface area contributed by atoms with Crippen molar-refractivity contribution in [2.75, 3.05) is 6.61 Å². The molecule has 0 saturated carbocycles. The molecule has 2 aromatic carbocycles. The van der Waals surface area contributed by atoms with Crippen molar-refractivity contribution in [3.63, 3.8) is 0 Å². The second-order valence-corrected chi connectivity index (χ2v) is 8.27. The largest absolute Gasteiger partial charge is 0.485 e. The predicted molar refractivity (Wildman–Crippen MR) is 112 cm³/mol. The summed E-state index contributed by atoms with van der Waals surface area (Å²) in [5.41, 5.74) is 2.08. The van der Waals surface area contributed by atoms with Gasteiger partial charge in [-0.2, -0.15) is 9.50 Å². The number of rotatable bonds is 3. The number of hydrogen-bond donors (Lipinski definition) is 0. The van der Waals surface area contributed by atoms with E-state index in [0.717, 1.165) is 5.56 Å². The van der Waals surface area contributed by atoms with Gasteiger partial charge in [-0.25, -0.2) is 0 Å². The van der Waals surface area contributed by atoms with Crippen LogP contribution < -0.4 is 19.6 Å². The molecule has 0 amide bonds. The van der Waals surface area contributed by atoms with Crippen LogP contribution >= 0.6 is 11.3 Å². The second kappa shape index (κ2) is 7.00. The Bertz CT molecular complexity index is 1290. The number of hydrogen-bond acceptors (Lipinski definition) is 6. The second-order valence-electron chi connectivity index (χ2n) is 7.27. The molecule has 0 N–H and O–H groups in total. The van der Waals surface area contributed by atoms with Crippen LogP contribution in [0.15, 0.2) is 53.3 Å².